The Kier molecular flexibility index (Phi) is 3.16. The van der Waals surface area contributed by atoms with Crippen molar-refractivity contribution in [1.82, 2.24) is 9.38 Å². The van der Waals surface area contributed by atoms with Gasteiger partial charge in [-0.1, -0.05) is 11.6 Å². The topological polar surface area (TPSA) is 43.6 Å². The van der Waals surface area contributed by atoms with Gasteiger partial charge in [-0.15, -0.1) is 0 Å². The number of aromatic nitrogens is 2. The SMILES string of the molecule is COc1ccc(C(=O)c2cn3cc(Cl)ccc3n2)cc1. The number of nitrogens with zero attached hydrogens (tertiary/aromatic N) is 2. The van der Waals surface area contributed by atoms with Crippen molar-refractivity contribution in [1.29, 1.82) is 0 Å². The van der Waals surface area contributed by atoms with Crippen LogP contribution in [0, 0.1) is 0 Å². The molecule has 0 saturated heterocycles. The van der Waals surface area contributed by atoms with E-state index in [1.165, 1.54) is 0 Å². The lowest BCUT2D eigenvalue weighted by molar-refractivity contribution is 0.103. The summed E-state index contributed by atoms with van der Waals surface area (Å²) in [5.41, 5.74) is 1.64. The summed E-state index contributed by atoms with van der Waals surface area (Å²) < 4.78 is 6.81. The summed E-state index contributed by atoms with van der Waals surface area (Å²) in [6, 6.07) is 10.5. The van der Waals surface area contributed by atoms with Crippen LogP contribution in [0.15, 0.2) is 48.8 Å². The molecule has 0 atom stereocenters. The molecule has 0 N–H and O–H groups in total. The van der Waals surface area contributed by atoms with Crippen LogP contribution in [-0.2, 0) is 0 Å². The van der Waals surface area contributed by atoms with Gasteiger partial charge in [0.05, 0.1) is 12.1 Å². The molecule has 0 amide bonds. The van der Waals surface area contributed by atoms with E-state index in [1.54, 1.807) is 60.3 Å². The molecule has 0 fully saturated rings. The minimum atomic E-state index is -0.132. The molecule has 0 unspecified atom stereocenters. The molecule has 100 valence electrons. The first-order valence-corrected chi connectivity index (χ1v) is 6.38. The van der Waals surface area contributed by atoms with Gasteiger partial charge in [-0.25, -0.2) is 4.98 Å². The molecule has 3 rings (SSSR count). The number of ketones is 1. The Balaban J connectivity index is 1.98. The Morgan fingerprint density at radius 3 is 2.60 bits per heavy atom. The second-order valence-electron chi connectivity index (χ2n) is 4.30. The molecule has 0 spiro atoms. The van der Waals surface area contributed by atoms with E-state index in [0.717, 1.165) is 0 Å². The van der Waals surface area contributed by atoms with E-state index in [-0.39, 0.29) is 5.78 Å². The van der Waals surface area contributed by atoms with Gasteiger partial charge in [0, 0.05) is 18.0 Å². The first-order valence-electron chi connectivity index (χ1n) is 6.00. The first kappa shape index (κ1) is 12.7. The number of halogens is 1. The minimum absolute atomic E-state index is 0.132. The quantitative estimate of drug-likeness (QED) is 0.694. The van der Waals surface area contributed by atoms with E-state index in [0.29, 0.717) is 27.7 Å². The van der Waals surface area contributed by atoms with E-state index < -0.39 is 0 Å². The maximum Gasteiger partial charge on any atom is 0.212 e. The number of fused-ring (bicyclic) bond motifs is 1. The molecule has 5 heteroatoms. The van der Waals surface area contributed by atoms with Crippen molar-refractivity contribution >= 4 is 23.0 Å². The first-order chi connectivity index (χ1) is 9.67. The highest BCUT2D eigenvalue weighted by molar-refractivity contribution is 6.30. The lowest BCUT2D eigenvalue weighted by Gasteiger charge is -2.00. The molecule has 0 aliphatic rings. The van der Waals surface area contributed by atoms with Gasteiger partial charge >= 0.3 is 0 Å². The van der Waals surface area contributed by atoms with Gasteiger partial charge in [0.1, 0.15) is 17.1 Å². The molecular weight excluding hydrogens is 276 g/mol. The Morgan fingerprint density at radius 1 is 1.15 bits per heavy atom. The molecular formula is C15H11ClN2O2. The largest absolute Gasteiger partial charge is 0.497 e. The van der Waals surface area contributed by atoms with Crippen LogP contribution < -0.4 is 4.74 Å². The average molecular weight is 287 g/mol. The minimum Gasteiger partial charge on any atom is -0.497 e. The molecule has 0 aliphatic carbocycles. The number of carbonyl (C=O) groups excluding carboxylic acids is 1. The van der Waals surface area contributed by atoms with Gasteiger partial charge < -0.3 is 9.14 Å². The van der Waals surface area contributed by atoms with E-state index >= 15 is 0 Å². The standard InChI is InChI=1S/C15H11ClN2O2/c1-20-12-5-2-10(3-6-12)15(19)13-9-18-8-11(16)4-7-14(18)17-13/h2-9H,1H3. The van der Waals surface area contributed by atoms with Crippen LogP contribution in [0.5, 0.6) is 5.75 Å². The lowest BCUT2D eigenvalue weighted by atomic mass is 10.1. The zero-order valence-corrected chi connectivity index (χ0v) is 11.5. The Hall–Kier alpha value is -2.33. The smallest absolute Gasteiger partial charge is 0.212 e. The maximum absolute atomic E-state index is 12.4. The Labute approximate surface area is 120 Å². The van der Waals surface area contributed by atoms with Gasteiger partial charge in [-0.05, 0) is 36.4 Å². The average Bonchev–Trinajstić information content (AvgIpc) is 2.89. The highest BCUT2D eigenvalue weighted by atomic mass is 35.5. The molecule has 20 heavy (non-hydrogen) atoms. The number of rotatable bonds is 3. The third-order valence-corrected chi connectivity index (χ3v) is 3.22. The van der Waals surface area contributed by atoms with Gasteiger partial charge in [-0.2, -0.15) is 0 Å². The zero-order chi connectivity index (χ0) is 14.1. The Morgan fingerprint density at radius 2 is 1.90 bits per heavy atom. The molecule has 0 saturated carbocycles. The molecule has 1 aromatic carbocycles. The van der Waals surface area contributed by atoms with E-state index in [9.17, 15) is 4.79 Å². The fraction of sp³-hybridized carbons (Fsp3) is 0.0667. The molecule has 0 aliphatic heterocycles. The molecule has 0 radical (unpaired) electrons. The summed E-state index contributed by atoms with van der Waals surface area (Å²) in [7, 11) is 1.59. The van der Waals surface area contributed by atoms with Crippen molar-refractivity contribution in [3.8, 4) is 5.75 Å². The summed E-state index contributed by atoms with van der Waals surface area (Å²) >= 11 is 5.91. The van der Waals surface area contributed by atoms with Gasteiger partial charge in [0.25, 0.3) is 0 Å². The summed E-state index contributed by atoms with van der Waals surface area (Å²) in [6.07, 6.45) is 3.39. The lowest BCUT2D eigenvalue weighted by Crippen LogP contribution is -2.01. The van der Waals surface area contributed by atoms with E-state index in [1.807, 2.05) is 0 Å². The fourth-order valence-corrected chi connectivity index (χ4v) is 2.13. The highest BCUT2D eigenvalue weighted by Crippen LogP contribution is 2.16. The van der Waals surface area contributed by atoms with Crippen molar-refractivity contribution in [2.24, 2.45) is 0 Å². The van der Waals surface area contributed by atoms with Crippen LogP contribution in [0.3, 0.4) is 0 Å². The van der Waals surface area contributed by atoms with Crippen molar-refractivity contribution in [3.63, 3.8) is 0 Å². The summed E-state index contributed by atoms with van der Waals surface area (Å²) in [5, 5.41) is 0.596. The number of benzene rings is 1. The van der Waals surface area contributed by atoms with Crippen LogP contribution in [-0.4, -0.2) is 22.3 Å². The summed E-state index contributed by atoms with van der Waals surface area (Å²) in [6.45, 7) is 0. The number of ether oxygens (including phenoxy) is 1. The van der Waals surface area contributed by atoms with Crippen molar-refractivity contribution in [2.75, 3.05) is 7.11 Å². The monoisotopic (exact) mass is 286 g/mol. The van der Waals surface area contributed by atoms with Crippen LogP contribution >= 0.6 is 11.6 Å². The van der Waals surface area contributed by atoms with Crippen molar-refractivity contribution in [3.05, 3.63) is 65.1 Å². The number of hydrogen-bond donors (Lipinski definition) is 0. The second kappa shape index (κ2) is 4.98. The summed E-state index contributed by atoms with van der Waals surface area (Å²) in [5.74, 6) is 0.579. The van der Waals surface area contributed by atoms with Crippen molar-refractivity contribution in [2.45, 2.75) is 0 Å². The van der Waals surface area contributed by atoms with Crippen LogP contribution in [0.1, 0.15) is 16.1 Å². The molecule has 2 heterocycles. The third-order valence-electron chi connectivity index (χ3n) is 3.00. The zero-order valence-electron chi connectivity index (χ0n) is 10.7. The predicted molar refractivity (Wildman–Crippen MR) is 76.6 cm³/mol. The number of pyridine rings is 1. The molecule has 2 aromatic heterocycles. The van der Waals surface area contributed by atoms with E-state index in [4.69, 9.17) is 16.3 Å². The third kappa shape index (κ3) is 2.26. The van der Waals surface area contributed by atoms with Gasteiger partial charge in [0.15, 0.2) is 0 Å². The Bertz CT molecular complexity index is 778. The van der Waals surface area contributed by atoms with Crippen LogP contribution in [0.25, 0.3) is 5.65 Å². The van der Waals surface area contributed by atoms with Crippen molar-refractivity contribution < 1.29 is 9.53 Å². The van der Waals surface area contributed by atoms with E-state index in [2.05, 4.69) is 4.98 Å². The predicted octanol–water partition coefficient (Wildman–Crippen LogP) is 3.23. The van der Waals surface area contributed by atoms with Gasteiger partial charge in [-0.3, -0.25) is 4.79 Å². The fourth-order valence-electron chi connectivity index (χ4n) is 1.96. The second-order valence-corrected chi connectivity index (χ2v) is 4.73. The highest BCUT2D eigenvalue weighted by Gasteiger charge is 2.13. The molecule has 3 aromatic rings. The number of methoxy groups -OCH3 is 1. The number of hydrogen-bond acceptors (Lipinski definition) is 3. The van der Waals surface area contributed by atoms with Gasteiger partial charge in [0.2, 0.25) is 5.78 Å². The molecule has 0 bridgehead atoms. The molecule has 4 nitrogen and oxygen atoms in total. The number of imidazole rings is 1. The number of carbonyl (C=O) groups is 1. The van der Waals surface area contributed by atoms with Crippen LogP contribution in [0.4, 0.5) is 0 Å². The normalized spacial score (nSPS) is 10.7. The maximum atomic E-state index is 12.4. The van der Waals surface area contributed by atoms with Crippen LogP contribution in [0.2, 0.25) is 5.02 Å². The summed E-state index contributed by atoms with van der Waals surface area (Å²) in [4.78, 5) is 16.6.